The summed E-state index contributed by atoms with van der Waals surface area (Å²) in [5, 5.41) is 11.9. The average Bonchev–Trinajstić information content (AvgIpc) is 2.79. The maximum absolute atomic E-state index is 11.1. The molecule has 0 spiro atoms. The topological polar surface area (TPSA) is 40.5 Å². The highest BCUT2D eigenvalue weighted by atomic mass is 32.2. The van der Waals surface area contributed by atoms with Gasteiger partial charge in [0, 0.05) is 22.7 Å². The summed E-state index contributed by atoms with van der Waals surface area (Å²) in [6, 6.07) is 14.9. The quantitative estimate of drug-likeness (QED) is 0.905. The Balaban J connectivity index is 1.75. The Morgan fingerprint density at radius 3 is 2.70 bits per heavy atom. The normalized spacial score (nSPS) is 22.4. The standard InChI is InChI=1S/C16H17NO2S/c1-11-8-15(10-17(11)16(18)19)20-14-7-6-12-4-2-3-5-13(12)9-14/h2-7,9,11,15H,8,10H2,1H3,(H,18,19)/t11-,15+/m1/s1. The first kappa shape index (κ1) is 13.3. The molecule has 1 amide bonds. The molecule has 2 atom stereocenters. The van der Waals surface area contributed by atoms with Crippen molar-refractivity contribution >= 4 is 28.6 Å². The van der Waals surface area contributed by atoms with E-state index in [4.69, 9.17) is 5.11 Å². The summed E-state index contributed by atoms with van der Waals surface area (Å²) in [5.74, 6) is 0. The highest BCUT2D eigenvalue weighted by molar-refractivity contribution is 8.00. The summed E-state index contributed by atoms with van der Waals surface area (Å²) in [5.41, 5.74) is 0. The first-order valence-corrected chi connectivity index (χ1v) is 7.66. The summed E-state index contributed by atoms with van der Waals surface area (Å²) in [6.45, 7) is 2.60. The average molecular weight is 287 g/mol. The Hall–Kier alpha value is -1.68. The molecule has 1 aliphatic heterocycles. The molecule has 1 heterocycles. The van der Waals surface area contributed by atoms with Crippen molar-refractivity contribution in [3.63, 3.8) is 0 Å². The second-order valence-electron chi connectivity index (χ2n) is 5.27. The number of hydrogen-bond acceptors (Lipinski definition) is 2. The Morgan fingerprint density at radius 1 is 1.25 bits per heavy atom. The molecule has 20 heavy (non-hydrogen) atoms. The molecule has 104 valence electrons. The highest BCUT2D eigenvalue weighted by Gasteiger charge is 2.32. The van der Waals surface area contributed by atoms with Crippen molar-refractivity contribution in [3.05, 3.63) is 42.5 Å². The van der Waals surface area contributed by atoms with Crippen LogP contribution in [0.4, 0.5) is 4.79 Å². The highest BCUT2D eigenvalue weighted by Crippen LogP contribution is 2.34. The first-order valence-electron chi connectivity index (χ1n) is 6.78. The number of thioether (sulfide) groups is 1. The molecule has 3 rings (SSSR count). The van der Waals surface area contributed by atoms with Crippen LogP contribution in [-0.4, -0.2) is 33.9 Å². The molecule has 0 aromatic heterocycles. The number of amides is 1. The van der Waals surface area contributed by atoms with Crippen molar-refractivity contribution in [2.45, 2.75) is 29.5 Å². The minimum Gasteiger partial charge on any atom is -0.465 e. The van der Waals surface area contributed by atoms with Gasteiger partial charge in [-0.3, -0.25) is 0 Å². The van der Waals surface area contributed by atoms with E-state index in [9.17, 15) is 4.79 Å². The van der Waals surface area contributed by atoms with E-state index in [1.165, 1.54) is 15.7 Å². The summed E-state index contributed by atoms with van der Waals surface area (Å²) >= 11 is 1.79. The van der Waals surface area contributed by atoms with Gasteiger partial charge in [0.05, 0.1) is 0 Å². The number of hydrogen-bond donors (Lipinski definition) is 1. The fraction of sp³-hybridized carbons (Fsp3) is 0.312. The van der Waals surface area contributed by atoms with E-state index in [2.05, 4.69) is 30.3 Å². The molecule has 1 saturated heterocycles. The van der Waals surface area contributed by atoms with E-state index < -0.39 is 6.09 Å². The molecule has 0 saturated carbocycles. The van der Waals surface area contributed by atoms with Crippen LogP contribution in [0, 0.1) is 0 Å². The third-order valence-corrected chi connectivity index (χ3v) is 5.01. The van der Waals surface area contributed by atoms with Gasteiger partial charge < -0.3 is 10.0 Å². The third kappa shape index (κ3) is 2.61. The molecule has 4 heteroatoms. The van der Waals surface area contributed by atoms with Gasteiger partial charge in [0.25, 0.3) is 0 Å². The molecule has 0 aliphatic carbocycles. The minimum absolute atomic E-state index is 0.116. The van der Waals surface area contributed by atoms with Crippen molar-refractivity contribution in [2.24, 2.45) is 0 Å². The molecule has 3 nitrogen and oxygen atoms in total. The fourth-order valence-corrected chi connectivity index (χ4v) is 4.10. The molecule has 0 unspecified atom stereocenters. The lowest BCUT2D eigenvalue weighted by atomic mass is 10.1. The molecule has 2 aromatic rings. The molecular formula is C16H17NO2S. The zero-order chi connectivity index (χ0) is 14.1. The lowest BCUT2D eigenvalue weighted by Gasteiger charge is -2.16. The van der Waals surface area contributed by atoms with Gasteiger partial charge in [-0.15, -0.1) is 11.8 Å². The van der Waals surface area contributed by atoms with Crippen LogP contribution in [0.5, 0.6) is 0 Å². The van der Waals surface area contributed by atoms with Gasteiger partial charge in [-0.05, 0) is 36.2 Å². The number of rotatable bonds is 2. The van der Waals surface area contributed by atoms with E-state index in [0.29, 0.717) is 11.8 Å². The number of fused-ring (bicyclic) bond motifs is 1. The van der Waals surface area contributed by atoms with Gasteiger partial charge in [0.15, 0.2) is 0 Å². The van der Waals surface area contributed by atoms with Crippen LogP contribution in [0.25, 0.3) is 10.8 Å². The van der Waals surface area contributed by atoms with Crippen LogP contribution in [0.1, 0.15) is 13.3 Å². The minimum atomic E-state index is -0.806. The van der Waals surface area contributed by atoms with E-state index >= 15 is 0 Å². The molecular weight excluding hydrogens is 270 g/mol. The van der Waals surface area contributed by atoms with Crippen molar-refractivity contribution in [1.29, 1.82) is 0 Å². The van der Waals surface area contributed by atoms with Crippen molar-refractivity contribution < 1.29 is 9.90 Å². The monoisotopic (exact) mass is 287 g/mol. The van der Waals surface area contributed by atoms with Crippen LogP contribution < -0.4 is 0 Å². The summed E-state index contributed by atoms with van der Waals surface area (Å²) in [6.07, 6.45) is 0.114. The summed E-state index contributed by atoms with van der Waals surface area (Å²) in [4.78, 5) is 13.9. The van der Waals surface area contributed by atoms with Crippen LogP contribution in [0.2, 0.25) is 0 Å². The maximum atomic E-state index is 11.1. The molecule has 0 bridgehead atoms. The number of carboxylic acid groups (broad SMARTS) is 1. The molecule has 0 radical (unpaired) electrons. The Kier molecular flexibility index (Phi) is 3.57. The van der Waals surface area contributed by atoms with Gasteiger partial charge in [-0.1, -0.05) is 30.3 Å². The summed E-state index contributed by atoms with van der Waals surface area (Å²) < 4.78 is 0. The van der Waals surface area contributed by atoms with Gasteiger partial charge in [0.2, 0.25) is 0 Å². The number of benzene rings is 2. The van der Waals surface area contributed by atoms with Gasteiger partial charge in [-0.2, -0.15) is 0 Å². The fourth-order valence-electron chi connectivity index (χ4n) is 2.77. The Morgan fingerprint density at radius 2 is 2.00 bits per heavy atom. The van der Waals surface area contributed by atoms with Gasteiger partial charge in [-0.25, -0.2) is 4.79 Å². The van der Waals surface area contributed by atoms with Gasteiger partial charge >= 0.3 is 6.09 Å². The summed E-state index contributed by atoms with van der Waals surface area (Å²) in [7, 11) is 0. The van der Waals surface area contributed by atoms with Crippen molar-refractivity contribution in [3.8, 4) is 0 Å². The second kappa shape index (κ2) is 5.37. The van der Waals surface area contributed by atoms with Crippen LogP contribution in [0.3, 0.4) is 0 Å². The largest absolute Gasteiger partial charge is 0.465 e. The first-order chi connectivity index (χ1) is 9.63. The number of carbonyl (C=O) groups is 1. The molecule has 1 aliphatic rings. The second-order valence-corrected chi connectivity index (χ2v) is 6.64. The smallest absolute Gasteiger partial charge is 0.407 e. The molecule has 1 N–H and O–H groups in total. The van der Waals surface area contributed by atoms with E-state index in [1.807, 2.05) is 19.1 Å². The van der Waals surface area contributed by atoms with Gasteiger partial charge in [0.1, 0.15) is 0 Å². The van der Waals surface area contributed by atoms with Crippen LogP contribution >= 0.6 is 11.8 Å². The van der Waals surface area contributed by atoms with E-state index in [1.54, 1.807) is 16.7 Å². The lowest BCUT2D eigenvalue weighted by molar-refractivity contribution is 0.143. The van der Waals surface area contributed by atoms with Crippen LogP contribution in [0.15, 0.2) is 47.4 Å². The predicted molar refractivity (Wildman–Crippen MR) is 82.4 cm³/mol. The van der Waals surface area contributed by atoms with E-state index in [0.717, 1.165) is 6.42 Å². The zero-order valence-electron chi connectivity index (χ0n) is 11.3. The molecule has 1 fully saturated rings. The third-order valence-electron chi connectivity index (χ3n) is 3.81. The lowest BCUT2D eigenvalue weighted by Crippen LogP contribution is -2.32. The van der Waals surface area contributed by atoms with Crippen molar-refractivity contribution in [1.82, 2.24) is 4.90 Å². The molecule has 2 aromatic carbocycles. The van der Waals surface area contributed by atoms with E-state index in [-0.39, 0.29) is 6.04 Å². The Labute approximate surface area is 122 Å². The van der Waals surface area contributed by atoms with Crippen molar-refractivity contribution in [2.75, 3.05) is 6.54 Å². The number of likely N-dealkylation sites (tertiary alicyclic amines) is 1. The Bertz CT molecular complexity index is 643. The van der Waals surface area contributed by atoms with Crippen LogP contribution in [-0.2, 0) is 0 Å². The number of nitrogens with zero attached hydrogens (tertiary/aromatic N) is 1. The predicted octanol–water partition coefficient (Wildman–Crippen LogP) is 4.07. The SMILES string of the molecule is C[C@@H]1C[C@H](Sc2ccc3ccccc3c2)CN1C(=O)O. The maximum Gasteiger partial charge on any atom is 0.407 e. The zero-order valence-corrected chi connectivity index (χ0v) is 12.1.